The summed E-state index contributed by atoms with van der Waals surface area (Å²) in [6, 6.07) is -0.431. The lowest BCUT2D eigenvalue weighted by molar-refractivity contribution is -0.137. The normalized spacial score (nSPS) is 12.5. The molecule has 0 aromatic carbocycles. The van der Waals surface area contributed by atoms with Crippen LogP contribution in [0.3, 0.4) is 0 Å². The smallest absolute Gasteiger partial charge is 0.305 e. The Bertz CT molecular complexity index is 451. The van der Waals surface area contributed by atoms with Crippen LogP contribution < -0.4 is 5.32 Å². The van der Waals surface area contributed by atoms with Gasteiger partial charge in [-0.2, -0.15) is 0 Å². The minimum Gasteiger partial charge on any atom is -0.481 e. The SMILES string of the molecule is Cc1nc(C)c(C(=O)NC(CC(=O)O)C(C)C)o1. The Morgan fingerprint density at radius 3 is 2.39 bits per heavy atom. The first kappa shape index (κ1) is 14.2. The van der Waals surface area contributed by atoms with E-state index in [0.717, 1.165) is 0 Å². The molecule has 1 atom stereocenters. The minimum absolute atomic E-state index is 0.0226. The zero-order chi connectivity index (χ0) is 13.9. The van der Waals surface area contributed by atoms with Crippen LogP contribution in [0.15, 0.2) is 4.42 Å². The fourth-order valence-electron chi connectivity index (χ4n) is 1.62. The second kappa shape index (κ2) is 5.66. The average molecular weight is 254 g/mol. The van der Waals surface area contributed by atoms with Gasteiger partial charge in [-0.1, -0.05) is 13.8 Å². The Kier molecular flexibility index (Phi) is 4.47. The van der Waals surface area contributed by atoms with Gasteiger partial charge in [-0.3, -0.25) is 9.59 Å². The van der Waals surface area contributed by atoms with Gasteiger partial charge in [0, 0.05) is 13.0 Å². The lowest BCUT2D eigenvalue weighted by Gasteiger charge is -2.19. The number of carbonyl (C=O) groups excluding carboxylic acids is 1. The summed E-state index contributed by atoms with van der Waals surface area (Å²) in [7, 11) is 0. The second-order valence-corrected chi connectivity index (χ2v) is 4.57. The van der Waals surface area contributed by atoms with Crippen molar-refractivity contribution in [1.29, 1.82) is 0 Å². The van der Waals surface area contributed by atoms with Crippen molar-refractivity contribution < 1.29 is 19.1 Å². The summed E-state index contributed by atoms with van der Waals surface area (Å²) in [6.07, 6.45) is -0.116. The summed E-state index contributed by atoms with van der Waals surface area (Å²) >= 11 is 0. The van der Waals surface area contributed by atoms with E-state index in [2.05, 4.69) is 10.3 Å². The number of aliphatic carboxylic acids is 1. The third kappa shape index (κ3) is 3.58. The molecule has 2 N–H and O–H groups in total. The first-order valence-corrected chi connectivity index (χ1v) is 5.78. The molecule has 0 bridgehead atoms. The Labute approximate surface area is 105 Å². The number of aryl methyl sites for hydroxylation is 2. The van der Waals surface area contributed by atoms with Crippen LogP contribution in [-0.4, -0.2) is 28.0 Å². The molecule has 1 rings (SSSR count). The third-order valence-corrected chi connectivity index (χ3v) is 2.63. The average Bonchev–Trinajstić information content (AvgIpc) is 2.56. The van der Waals surface area contributed by atoms with E-state index < -0.39 is 17.9 Å². The molecule has 1 aromatic rings. The molecule has 6 heteroatoms. The molecule has 18 heavy (non-hydrogen) atoms. The molecular formula is C12H18N2O4. The summed E-state index contributed by atoms with van der Waals surface area (Å²) in [6.45, 7) is 7.03. The number of nitrogens with zero attached hydrogens (tertiary/aromatic N) is 1. The Balaban J connectivity index is 2.78. The van der Waals surface area contributed by atoms with Gasteiger partial charge in [-0.25, -0.2) is 4.98 Å². The minimum atomic E-state index is -0.945. The van der Waals surface area contributed by atoms with Gasteiger partial charge < -0.3 is 14.8 Å². The summed E-state index contributed by atoms with van der Waals surface area (Å²) < 4.78 is 5.19. The Morgan fingerprint density at radius 1 is 1.39 bits per heavy atom. The number of carbonyl (C=O) groups is 2. The van der Waals surface area contributed by atoms with E-state index in [1.165, 1.54) is 0 Å². The molecule has 0 spiro atoms. The van der Waals surface area contributed by atoms with Gasteiger partial charge in [0.05, 0.1) is 12.1 Å². The quantitative estimate of drug-likeness (QED) is 0.831. The van der Waals surface area contributed by atoms with E-state index in [4.69, 9.17) is 9.52 Å². The van der Waals surface area contributed by atoms with Crippen LogP contribution in [0, 0.1) is 19.8 Å². The van der Waals surface area contributed by atoms with Crippen molar-refractivity contribution in [3.8, 4) is 0 Å². The maximum absolute atomic E-state index is 11.9. The number of aromatic nitrogens is 1. The van der Waals surface area contributed by atoms with E-state index in [-0.39, 0.29) is 18.1 Å². The lowest BCUT2D eigenvalue weighted by Crippen LogP contribution is -2.40. The van der Waals surface area contributed by atoms with Crippen LogP contribution in [0.5, 0.6) is 0 Å². The number of carboxylic acid groups (broad SMARTS) is 1. The summed E-state index contributed by atoms with van der Waals surface area (Å²) in [5.41, 5.74) is 0.503. The molecule has 1 heterocycles. The molecule has 0 aliphatic heterocycles. The summed E-state index contributed by atoms with van der Waals surface area (Å²) in [5, 5.41) is 11.5. The number of hydrogen-bond acceptors (Lipinski definition) is 4. The second-order valence-electron chi connectivity index (χ2n) is 4.57. The molecule has 6 nitrogen and oxygen atoms in total. The number of oxazole rings is 1. The number of amides is 1. The Morgan fingerprint density at radius 2 is 2.00 bits per heavy atom. The van der Waals surface area contributed by atoms with Crippen LogP contribution in [0.2, 0.25) is 0 Å². The van der Waals surface area contributed by atoms with Crippen molar-refractivity contribution >= 4 is 11.9 Å². The monoisotopic (exact) mass is 254 g/mol. The molecule has 0 saturated heterocycles. The highest BCUT2D eigenvalue weighted by Crippen LogP contribution is 2.12. The molecular weight excluding hydrogens is 236 g/mol. The first-order valence-electron chi connectivity index (χ1n) is 5.78. The standard InChI is InChI=1S/C12H18N2O4/c1-6(2)9(5-10(15)16)14-12(17)11-7(3)13-8(4)18-11/h6,9H,5H2,1-4H3,(H,14,17)(H,15,16). The maximum atomic E-state index is 11.9. The zero-order valence-electron chi connectivity index (χ0n) is 11.0. The van der Waals surface area contributed by atoms with Gasteiger partial charge in [0.1, 0.15) is 0 Å². The van der Waals surface area contributed by atoms with Gasteiger partial charge in [0.15, 0.2) is 5.89 Å². The number of rotatable bonds is 5. The van der Waals surface area contributed by atoms with Crippen molar-refractivity contribution in [2.45, 2.75) is 40.2 Å². The molecule has 0 saturated carbocycles. The van der Waals surface area contributed by atoms with Crippen molar-refractivity contribution in [3.05, 3.63) is 17.3 Å². The molecule has 0 aliphatic carbocycles. The van der Waals surface area contributed by atoms with Gasteiger partial charge in [-0.05, 0) is 12.8 Å². The summed E-state index contributed by atoms with van der Waals surface area (Å²) in [4.78, 5) is 26.7. The topological polar surface area (TPSA) is 92.4 Å². The first-order chi connectivity index (χ1) is 8.31. The molecule has 0 aliphatic rings. The highest BCUT2D eigenvalue weighted by Gasteiger charge is 2.23. The van der Waals surface area contributed by atoms with Crippen molar-refractivity contribution in [1.82, 2.24) is 10.3 Å². The maximum Gasteiger partial charge on any atom is 0.305 e. The van der Waals surface area contributed by atoms with Crippen LogP contribution >= 0.6 is 0 Å². The fraction of sp³-hybridized carbons (Fsp3) is 0.583. The van der Waals surface area contributed by atoms with Crippen molar-refractivity contribution in [2.75, 3.05) is 0 Å². The molecule has 0 fully saturated rings. The number of nitrogens with one attached hydrogen (secondary N) is 1. The lowest BCUT2D eigenvalue weighted by atomic mass is 10.0. The van der Waals surface area contributed by atoms with E-state index in [1.54, 1.807) is 13.8 Å². The Hall–Kier alpha value is -1.85. The predicted molar refractivity (Wildman–Crippen MR) is 64.3 cm³/mol. The van der Waals surface area contributed by atoms with Crippen molar-refractivity contribution in [3.63, 3.8) is 0 Å². The van der Waals surface area contributed by atoms with E-state index in [9.17, 15) is 9.59 Å². The molecule has 100 valence electrons. The molecule has 1 unspecified atom stereocenters. The van der Waals surface area contributed by atoms with E-state index >= 15 is 0 Å². The van der Waals surface area contributed by atoms with Gasteiger partial charge in [0.25, 0.3) is 5.91 Å². The van der Waals surface area contributed by atoms with Crippen molar-refractivity contribution in [2.24, 2.45) is 5.92 Å². The number of hydrogen-bond donors (Lipinski definition) is 2. The van der Waals surface area contributed by atoms with E-state index in [0.29, 0.717) is 11.6 Å². The predicted octanol–water partition coefficient (Wildman–Crippen LogP) is 1.52. The van der Waals surface area contributed by atoms with Crippen LogP contribution in [0.4, 0.5) is 0 Å². The molecule has 0 radical (unpaired) electrons. The zero-order valence-corrected chi connectivity index (χ0v) is 11.0. The van der Waals surface area contributed by atoms with Gasteiger partial charge >= 0.3 is 5.97 Å². The molecule has 1 amide bonds. The largest absolute Gasteiger partial charge is 0.481 e. The van der Waals surface area contributed by atoms with Gasteiger partial charge in [0.2, 0.25) is 5.76 Å². The van der Waals surface area contributed by atoms with Gasteiger partial charge in [-0.15, -0.1) is 0 Å². The highest BCUT2D eigenvalue weighted by atomic mass is 16.4. The summed E-state index contributed by atoms with van der Waals surface area (Å²) in [5.74, 6) is -0.789. The number of carboxylic acids is 1. The van der Waals surface area contributed by atoms with E-state index in [1.807, 2.05) is 13.8 Å². The third-order valence-electron chi connectivity index (χ3n) is 2.63. The van der Waals surface area contributed by atoms with Crippen LogP contribution in [0.25, 0.3) is 0 Å². The highest BCUT2D eigenvalue weighted by molar-refractivity contribution is 5.92. The molecule has 1 aromatic heterocycles. The van der Waals surface area contributed by atoms with Crippen LogP contribution in [-0.2, 0) is 4.79 Å². The van der Waals surface area contributed by atoms with Crippen LogP contribution in [0.1, 0.15) is 42.4 Å². The fourth-order valence-corrected chi connectivity index (χ4v) is 1.62.